The van der Waals surface area contributed by atoms with Crippen molar-refractivity contribution in [2.75, 3.05) is 13.2 Å². The van der Waals surface area contributed by atoms with E-state index in [0.29, 0.717) is 19.3 Å². The van der Waals surface area contributed by atoms with Crippen LogP contribution < -0.4 is 0 Å². The predicted molar refractivity (Wildman–Crippen MR) is 302 cm³/mol. The van der Waals surface area contributed by atoms with Crippen molar-refractivity contribution in [3.63, 3.8) is 0 Å². The van der Waals surface area contributed by atoms with E-state index >= 15 is 0 Å². The molecule has 400 valence electrons. The fourth-order valence-corrected chi connectivity index (χ4v) is 7.96. The Morgan fingerprint density at radius 2 is 0.571 bits per heavy atom. The Morgan fingerprint density at radius 1 is 0.300 bits per heavy atom. The zero-order valence-corrected chi connectivity index (χ0v) is 45.8. The molecule has 1 unspecified atom stereocenters. The van der Waals surface area contributed by atoms with Crippen LogP contribution in [-0.4, -0.2) is 37.2 Å². The van der Waals surface area contributed by atoms with Crippen LogP contribution in [0.4, 0.5) is 0 Å². The van der Waals surface area contributed by atoms with Gasteiger partial charge in [0.2, 0.25) is 0 Å². The molecular formula is C64H108O6. The first kappa shape index (κ1) is 66.3. The van der Waals surface area contributed by atoms with Crippen molar-refractivity contribution in [1.82, 2.24) is 0 Å². The molecule has 0 rings (SSSR count). The van der Waals surface area contributed by atoms with Crippen molar-refractivity contribution in [2.24, 2.45) is 0 Å². The fourth-order valence-electron chi connectivity index (χ4n) is 7.96. The van der Waals surface area contributed by atoms with E-state index in [1.165, 1.54) is 135 Å². The number of hydrogen-bond donors (Lipinski definition) is 0. The van der Waals surface area contributed by atoms with Gasteiger partial charge >= 0.3 is 17.9 Å². The molecule has 0 aliphatic carbocycles. The van der Waals surface area contributed by atoms with Crippen molar-refractivity contribution < 1.29 is 28.6 Å². The van der Waals surface area contributed by atoms with Gasteiger partial charge in [-0.05, 0) is 96.3 Å². The van der Waals surface area contributed by atoms with E-state index in [0.717, 1.165) is 89.9 Å². The fraction of sp³-hybridized carbons (Fsp3) is 0.703. The van der Waals surface area contributed by atoms with Gasteiger partial charge in [-0.3, -0.25) is 14.4 Å². The van der Waals surface area contributed by atoms with Gasteiger partial charge in [-0.15, -0.1) is 0 Å². The monoisotopic (exact) mass is 973 g/mol. The summed E-state index contributed by atoms with van der Waals surface area (Å²) in [5.74, 6) is -0.959. The predicted octanol–water partition coefficient (Wildman–Crippen LogP) is 19.7. The highest BCUT2D eigenvalue weighted by atomic mass is 16.6. The lowest BCUT2D eigenvalue weighted by atomic mass is 10.1. The van der Waals surface area contributed by atoms with Gasteiger partial charge in [0, 0.05) is 19.3 Å². The normalized spacial score (nSPS) is 12.8. The molecule has 0 radical (unpaired) electrons. The maximum Gasteiger partial charge on any atom is 0.306 e. The van der Waals surface area contributed by atoms with Crippen LogP contribution in [0.3, 0.4) is 0 Å². The number of hydrogen-bond acceptors (Lipinski definition) is 6. The smallest absolute Gasteiger partial charge is 0.306 e. The molecule has 0 amide bonds. The summed E-state index contributed by atoms with van der Waals surface area (Å²) in [5, 5.41) is 0. The summed E-state index contributed by atoms with van der Waals surface area (Å²) < 4.78 is 16.8. The van der Waals surface area contributed by atoms with Crippen LogP contribution in [0, 0.1) is 0 Å². The Bertz CT molecular complexity index is 1400. The summed E-state index contributed by atoms with van der Waals surface area (Å²) >= 11 is 0. The molecule has 0 aliphatic rings. The zero-order chi connectivity index (χ0) is 50.7. The van der Waals surface area contributed by atoms with E-state index in [9.17, 15) is 14.4 Å². The lowest BCUT2D eigenvalue weighted by molar-refractivity contribution is -0.167. The van der Waals surface area contributed by atoms with Gasteiger partial charge in [0.15, 0.2) is 6.10 Å². The third-order valence-electron chi connectivity index (χ3n) is 12.3. The average Bonchev–Trinajstić information content (AvgIpc) is 3.36. The minimum Gasteiger partial charge on any atom is -0.462 e. The van der Waals surface area contributed by atoms with E-state index < -0.39 is 6.10 Å². The molecule has 0 N–H and O–H groups in total. The molecule has 0 saturated carbocycles. The highest BCUT2D eigenvalue weighted by Crippen LogP contribution is 2.15. The maximum atomic E-state index is 12.9. The molecule has 0 spiro atoms. The Hall–Kier alpha value is -3.67. The Labute approximate surface area is 432 Å². The number of carbonyl (C=O) groups excluding carboxylic acids is 3. The van der Waals surface area contributed by atoms with Gasteiger partial charge in [-0.1, -0.05) is 253 Å². The highest BCUT2D eigenvalue weighted by Gasteiger charge is 2.19. The molecule has 0 heterocycles. The molecule has 70 heavy (non-hydrogen) atoms. The van der Waals surface area contributed by atoms with Crippen LogP contribution >= 0.6 is 0 Å². The van der Waals surface area contributed by atoms with Crippen LogP contribution in [-0.2, 0) is 28.6 Å². The number of allylic oxidation sites excluding steroid dienone is 16. The lowest BCUT2D eigenvalue weighted by Crippen LogP contribution is -2.30. The van der Waals surface area contributed by atoms with Crippen molar-refractivity contribution in [3.05, 3.63) is 97.2 Å². The van der Waals surface area contributed by atoms with Gasteiger partial charge in [0.25, 0.3) is 0 Å². The second-order valence-corrected chi connectivity index (χ2v) is 19.2. The van der Waals surface area contributed by atoms with Crippen LogP contribution in [0.5, 0.6) is 0 Å². The first-order chi connectivity index (χ1) is 34.5. The second kappa shape index (κ2) is 57.9. The van der Waals surface area contributed by atoms with Gasteiger partial charge in [0.1, 0.15) is 13.2 Å². The van der Waals surface area contributed by atoms with Crippen molar-refractivity contribution in [1.29, 1.82) is 0 Å². The summed E-state index contributed by atoms with van der Waals surface area (Å²) in [6, 6.07) is 0. The van der Waals surface area contributed by atoms with Crippen LogP contribution in [0.1, 0.15) is 271 Å². The maximum absolute atomic E-state index is 12.9. The average molecular weight is 974 g/mol. The van der Waals surface area contributed by atoms with E-state index in [2.05, 4.69) is 118 Å². The Balaban J connectivity index is 4.44. The summed E-state index contributed by atoms with van der Waals surface area (Å²) in [6.45, 7) is 6.48. The lowest BCUT2D eigenvalue weighted by Gasteiger charge is -2.18. The van der Waals surface area contributed by atoms with Gasteiger partial charge < -0.3 is 14.2 Å². The molecule has 0 bridgehead atoms. The largest absolute Gasteiger partial charge is 0.462 e. The van der Waals surface area contributed by atoms with Crippen molar-refractivity contribution in [2.45, 2.75) is 277 Å². The first-order valence-corrected chi connectivity index (χ1v) is 29.2. The summed E-state index contributed by atoms with van der Waals surface area (Å²) in [4.78, 5) is 38.1. The molecular weight excluding hydrogens is 865 g/mol. The molecule has 6 heteroatoms. The number of esters is 3. The van der Waals surface area contributed by atoms with E-state index in [1.54, 1.807) is 0 Å². The first-order valence-electron chi connectivity index (χ1n) is 29.2. The topological polar surface area (TPSA) is 78.9 Å². The Kier molecular flexibility index (Phi) is 54.9. The Morgan fingerprint density at radius 3 is 0.943 bits per heavy atom. The number of ether oxygens (including phenoxy) is 3. The molecule has 1 atom stereocenters. The van der Waals surface area contributed by atoms with Crippen LogP contribution in [0.15, 0.2) is 97.2 Å². The van der Waals surface area contributed by atoms with Gasteiger partial charge in [-0.2, -0.15) is 0 Å². The molecule has 0 saturated heterocycles. The molecule has 0 aromatic carbocycles. The summed E-state index contributed by atoms with van der Waals surface area (Å²) in [6.07, 6.45) is 76.9. The van der Waals surface area contributed by atoms with Gasteiger partial charge in [-0.25, -0.2) is 0 Å². The van der Waals surface area contributed by atoms with Crippen LogP contribution in [0.25, 0.3) is 0 Å². The molecule has 6 nitrogen and oxygen atoms in total. The second-order valence-electron chi connectivity index (χ2n) is 19.2. The molecule has 0 aromatic heterocycles. The van der Waals surface area contributed by atoms with Crippen molar-refractivity contribution in [3.8, 4) is 0 Å². The van der Waals surface area contributed by atoms with E-state index in [4.69, 9.17) is 14.2 Å². The quantitative estimate of drug-likeness (QED) is 0.0262. The number of unbranched alkanes of at least 4 members (excludes halogenated alkanes) is 25. The molecule has 0 aromatic rings. The number of rotatable bonds is 52. The summed E-state index contributed by atoms with van der Waals surface area (Å²) in [7, 11) is 0. The van der Waals surface area contributed by atoms with Crippen LogP contribution in [0.2, 0.25) is 0 Å². The third-order valence-corrected chi connectivity index (χ3v) is 12.3. The van der Waals surface area contributed by atoms with Crippen molar-refractivity contribution >= 4 is 17.9 Å². The van der Waals surface area contributed by atoms with Gasteiger partial charge in [0.05, 0.1) is 0 Å². The minimum absolute atomic E-state index is 0.0957. The summed E-state index contributed by atoms with van der Waals surface area (Å²) in [5.41, 5.74) is 0. The minimum atomic E-state index is -0.802. The zero-order valence-electron chi connectivity index (χ0n) is 45.8. The molecule has 0 aliphatic heterocycles. The number of carbonyl (C=O) groups is 3. The van der Waals surface area contributed by atoms with E-state index in [1.807, 2.05) is 0 Å². The SMILES string of the molecule is CC/C=C\C/C=C\C/C=C\C/C=C\C/C=C\C/C=C\C/C=C\CCCC(=O)OCC(COC(=O)CCCCCCCCCCCCC)OC(=O)CCCCCCCCC/C=C\CCCCCCCCC. The highest BCUT2D eigenvalue weighted by molar-refractivity contribution is 5.71. The van der Waals surface area contributed by atoms with E-state index in [-0.39, 0.29) is 37.5 Å². The standard InChI is InChI=1S/C64H108O6/c1-4-7-10-13-16-19-22-24-26-28-30-31-32-33-34-36-37-39-42-45-48-51-54-57-63(66)69-60-61(59-68-62(65)56-53-50-47-44-41-21-18-15-12-9-6-3)70-64(67)58-55-52-49-46-43-40-38-35-29-27-25-23-20-17-14-11-8-5-2/h7,10,16,19,24,26-27,29-31,33-34,37,39,45,48,61H,4-6,8-9,11-15,17-18,20-23,25,28,32,35-36,38,40-44,46-47,49-60H2,1-3H3/b10-7-,19-16-,26-24-,29-27-,31-30-,34-33-,39-37-,48-45-. The third kappa shape index (κ3) is 55.3. The molecule has 0 fully saturated rings.